The zero-order valence-electron chi connectivity index (χ0n) is 13.3. The highest BCUT2D eigenvalue weighted by molar-refractivity contribution is 8.00. The zero-order chi connectivity index (χ0) is 16.0. The van der Waals surface area contributed by atoms with E-state index in [1.165, 1.54) is 22.2 Å². The van der Waals surface area contributed by atoms with Crippen molar-refractivity contribution < 1.29 is 4.79 Å². The summed E-state index contributed by atoms with van der Waals surface area (Å²) < 4.78 is 1.59. The fourth-order valence-corrected chi connectivity index (χ4v) is 5.10. The highest BCUT2D eigenvalue weighted by atomic mass is 32.2. The number of aryl methyl sites for hydroxylation is 1. The summed E-state index contributed by atoms with van der Waals surface area (Å²) in [4.78, 5) is 31.0. The number of fused-ring (bicyclic) bond motifs is 3. The number of carbonyl (C=O) groups is 1. The second kappa shape index (κ2) is 5.81. The highest BCUT2D eigenvalue weighted by Crippen LogP contribution is 2.36. The van der Waals surface area contributed by atoms with E-state index in [0.29, 0.717) is 11.1 Å². The van der Waals surface area contributed by atoms with Crippen molar-refractivity contribution in [1.82, 2.24) is 9.55 Å². The van der Waals surface area contributed by atoms with E-state index in [1.54, 1.807) is 29.9 Å². The lowest BCUT2D eigenvalue weighted by atomic mass is 9.89. The van der Waals surface area contributed by atoms with Gasteiger partial charge in [-0.1, -0.05) is 18.7 Å². The predicted molar refractivity (Wildman–Crippen MR) is 92.1 cm³/mol. The molecule has 2 aromatic heterocycles. The Balaban J connectivity index is 2.13. The molecule has 0 radical (unpaired) electrons. The molecule has 6 heteroatoms. The summed E-state index contributed by atoms with van der Waals surface area (Å²) in [6, 6.07) is 0. The molecule has 0 aromatic carbocycles. The van der Waals surface area contributed by atoms with Crippen LogP contribution in [0.5, 0.6) is 0 Å². The van der Waals surface area contributed by atoms with E-state index >= 15 is 0 Å². The van der Waals surface area contributed by atoms with Gasteiger partial charge in [-0.05, 0) is 44.6 Å². The minimum absolute atomic E-state index is 0.0234. The molecule has 0 fully saturated rings. The summed E-state index contributed by atoms with van der Waals surface area (Å²) in [7, 11) is 1.75. The first-order valence-corrected chi connectivity index (χ1v) is 9.26. The Kier molecular flexibility index (Phi) is 4.16. The van der Waals surface area contributed by atoms with Crippen LogP contribution in [0.3, 0.4) is 0 Å². The van der Waals surface area contributed by atoms with Crippen molar-refractivity contribution in [2.45, 2.75) is 50.4 Å². The lowest BCUT2D eigenvalue weighted by Gasteiger charge is -2.17. The summed E-state index contributed by atoms with van der Waals surface area (Å²) in [5.74, 6) is 0.773. The van der Waals surface area contributed by atoms with E-state index < -0.39 is 0 Å². The molecule has 0 amide bonds. The van der Waals surface area contributed by atoms with Crippen LogP contribution >= 0.6 is 23.1 Å². The molecule has 0 bridgehead atoms. The molecule has 1 aliphatic rings. The van der Waals surface area contributed by atoms with Crippen molar-refractivity contribution in [3.05, 3.63) is 20.8 Å². The first-order valence-electron chi connectivity index (χ1n) is 7.56. The third kappa shape index (κ3) is 2.63. The van der Waals surface area contributed by atoms with Gasteiger partial charge in [-0.2, -0.15) is 0 Å². The number of thioether (sulfide) groups is 1. The monoisotopic (exact) mass is 336 g/mol. The largest absolute Gasteiger partial charge is 0.299 e. The molecule has 2 atom stereocenters. The highest BCUT2D eigenvalue weighted by Gasteiger charge is 2.24. The van der Waals surface area contributed by atoms with Gasteiger partial charge in [0.05, 0.1) is 10.6 Å². The van der Waals surface area contributed by atoms with Gasteiger partial charge in [0.25, 0.3) is 5.56 Å². The molecule has 4 nitrogen and oxygen atoms in total. The third-order valence-corrected chi connectivity index (χ3v) is 6.76. The number of thiophene rings is 1. The molecule has 2 heterocycles. The molecule has 22 heavy (non-hydrogen) atoms. The molecule has 0 spiro atoms. The molecule has 0 unspecified atom stereocenters. The molecule has 0 saturated carbocycles. The fourth-order valence-electron chi connectivity index (χ4n) is 2.80. The van der Waals surface area contributed by atoms with Gasteiger partial charge in [-0.3, -0.25) is 14.2 Å². The zero-order valence-corrected chi connectivity index (χ0v) is 14.9. The molecule has 0 saturated heterocycles. The number of nitrogens with zero attached hydrogens (tertiary/aromatic N) is 2. The fraction of sp³-hybridized carbons (Fsp3) is 0.562. The van der Waals surface area contributed by atoms with Crippen LogP contribution in [-0.4, -0.2) is 20.6 Å². The predicted octanol–water partition coefficient (Wildman–Crippen LogP) is 3.19. The van der Waals surface area contributed by atoms with E-state index in [-0.39, 0.29) is 16.6 Å². The molecule has 118 valence electrons. The van der Waals surface area contributed by atoms with Crippen LogP contribution in [-0.2, 0) is 24.7 Å². The van der Waals surface area contributed by atoms with Gasteiger partial charge >= 0.3 is 0 Å². The first kappa shape index (κ1) is 15.7. The third-order valence-electron chi connectivity index (χ3n) is 4.35. The summed E-state index contributed by atoms with van der Waals surface area (Å²) in [6.07, 6.45) is 3.16. The summed E-state index contributed by atoms with van der Waals surface area (Å²) in [6.45, 7) is 5.68. The average Bonchev–Trinajstić information content (AvgIpc) is 2.81. The van der Waals surface area contributed by atoms with Crippen molar-refractivity contribution in [2.75, 3.05) is 0 Å². The Morgan fingerprint density at radius 3 is 2.91 bits per heavy atom. The van der Waals surface area contributed by atoms with Crippen LogP contribution in [0.25, 0.3) is 10.2 Å². The second-order valence-corrected chi connectivity index (χ2v) is 8.55. The number of Topliss-reactive ketones (excluding diaryl/α,β-unsaturated/α-hetero) is 1. The topological polar surface area (TPSA) is 52.0 Å². The van der Waals surface area contributed by atoms with Crippen molar-refractivity contribution in [1.29, 1.82) is 0 Å². The van der Waals surface area contributed by atoms with Gasteiger partial charge in [-0.15, -0.1) is 11.3 Å². The van der Waals surface area contributed by atoms with Gasteiger partial charge in [0, 0.05) is 11.9 Å². The number of aromatic nitrogens is 2. The smallest absolute Gasteiger partial charge is 0.262 e. The summed E-state index contributed by atoms with van der Waals surface area (Å²) in [5, 5.41) is 1.24. The lowest BCUT2D eigenvalue weighted by Crippen LogP contribution is -2.22. The Hall–Kier alpha value is -1.14. The normalized spacial score (nSPS) is 19.2. The maximum absolute atomic E-state index is 12.7. The van der Waals surface area contributed by atoms with Gasteiger partial charge in [0.2, 0.25) is 0 Å². The minimum atomic E-state index is -0.190. The molecular weight excluding hydrogens is 316 g/mol. The number of hydrogen-bond donors (Lipinski definition) is 0. The van der Waals surface area contributed by atoms with Gasteiger partial charge in [0.15, 0.2) is 5.16 Å². The van der Waals surface area contributed by atoms with Crippen molar-refractivity contribution in [3.8, 4) is 0 Å². The molecule has 3 rings (SSSR count). The van der Waals surface area contributed by atoms with Gasteiger partial charge in [-0.25, -0.2) is 4.98 Å². The SMILES string of the molecule is CC(=O)[C@@H](C)Sc1nc2sc3c(c2c(=O)n1C)CC[C@H](C)C3. The van der Waals surface area contributed by atoms with Crippen molar-refractivity contribution in [2.24, 2.45) is 13.0 Å². The number of ketones is 1. The number of hydrogen-bond acceptors (Lipinski definition) is 5. The van der Waals surface area contributed by atoms with E-state index in [0.717, 1.165) is 29.5 Å². The lowest BCUT2D eigenvalue weighted by molar-refractivity contribution is -0.116. The Bertz CT molecular complexity index is 807. The van der Waals surface area contributed by atoms with Crippen LogP contribution in [0.4, 0.5) is 0 Å². The van der Waals surface area contributed by atoms with E-state index in [2.05, 4.69) is 11.9 Å². The Morgan fingerprint density at radius 1 is 1.50 bits per heavy atom. The van der Waals surface area contributed by atoms with Crippen LogP contribution in [0.2, 0.25) is 0 Å². The minimum Gasteiger partial charge on any atom is -0.299 e. The number of rotatable bonds is 3. The van der Waals surface area contributed by atoms with Crippen LogP contribution in [0, 0.1) is 5.92 Å². The van der Waals surface area contributed by atoms with Crippen molar-refractivity contribution >= 4 is 39.1 Å². The van der Waals surface area contributed by atoms with Crippen LogP contribution in [0.15, 0.2) is 9.95 Å². The van der Waals surface area contributed by atoms with E-state index in [1.807, 2.05) is 6.92 Å². The standard InChI is InChI=1S/C16H20N2O2S2/c1-8-5-6-11-12(7-8)22-14-13(11)15(20)18(4)16(17-14)21-10(3)9(2)19/h8,10H,5-7H2,1-4H3/t8-,10+/m0/s1. The average molecular weight is 336 g/mol. The maximum Gasteiger partial charge on any atom is 0.262 e. The second-order valence-electron chi connectivity index (χ2n) is 6.16. The molecule has 0 N–H and O–H groups in total. The van der Waals surface area contributed by atoms with Gasteiger partial charge in [0.1, 0.15) is 10.6 Å². The van der Waals surface area contributed by atoms with E-state index in [9.17, 15) is 9.59 Å². The molecule has 2 aromatic rings. The summed E-state index contributed by atoms with van der Waals surface area (Å²) in [5.41, 5.74) is 1.23. The Morgan fingerprint density at radius 2 is 2.23 bits per heavy atom. The van der Waals surface area contributed by atoms with E-state index in [4.69, 9.17) is 0 Å². The quantitative estimate of drug-likeness (QED) is 0.638. The van der Waals surface area contributed by atoms with Gasteiger partial charge < -0.3 is 0 Å². The molecule has 1 aliphatic carbocycles. The Labute approximate surface area is 137 Å². The van der Waals surface area contributed by atoms with Crippen molar-refractivity contribution in [3.63, 3.8) is 0 Å². The number of carbonyl (C=O) groups excluding carboxylic acids is 1. The maximum atomic E-state index is 12.7. The van der Waals surface area contributed by atoms with Crippen LogP contribution in [0.1, 0.15) is 37.6 Å². The molecular formula is C16H20N2O2S2. The van der Waals surface area contributed by atoms with Crippen LogP contribution < -0.4 is 5.56 Å². The summed E-state index contributed by atoms with van der Waals surface area (Å²) >= 11 is 3.02. The molecule has 0 aliphatic heterocycles. The first-order chi connectivity index (χ1) is 10.4.